The van der Waals surface area contributed by atoms with Crippen molar-refractivity contribution in [2.75, 3.05) is 0 Å². The van der Waals surface area contributed by atoms with Crippen LogP contribution in [-0.2, 0) is 0 Å². The minimum Gasteiger partial charge on any atom is -0.309 e. The molecule has 0 aliphatic rings. The molecule has 3 heteroatoms. The lowest BCUT2D eigenvalue weighted by Crippen LogP contribution is -1.94. The van der Waals surface area contributed by atoms with Gasteiger partial charge in [-0.25, -0.2) is 0 Å². The molecule has 0 aliphatic carbocycles. The first-order chi connectivity index (χ1) is 17.4. The Labute approximate surface area is 203 Å². The van der Waals surface area contributed by atoms with E-state index in [2.05, 4.69) is 101 Å². The molecule has 35 heavy (non-hydrogen) atoms. The van der Waals surface area contributed by atoms with Gasteiger partial charge in [-0.3, -0.25) is 9.97 Å². The summed E-state index contributed by atoms with van der Waals surface area (Å²) in [6.45, 7) is 0. The van der Waals surface area contributed by atoms with Gasteiger partial charge in [0.25, 0.3) is 0 Å². The molecule has 0 saturated heterocycles. The summed E-state index contributed by atoms with van der Waals surface area (Å²) in [5.41, 5.74) is 7.66. The fraction of sp³-hybridized carbons (Fsp3) is 0. The number of nitrogens with zero attached hydrogens (tertiary/aromatic N) is 3. The molecule has 0 atom stereocenters. The van der Waals surface area contributed by atoms with Gasteiger partial charge in [0.2, 0.25) is 0 Å². The Balaban J connectivity index is 1.67. The van der Waals surface area contributed by atoms with E-state index in [1.165, 1.54) is 27.1 Å². The van der Waals surface area contributed by atoms with E-state index in [0.29, 0.717) is 0 Å². The molecule has 3 nitrogen and oxygen atoms in total. The first-order valence-corrected chi connectivity index (χ1v) is 11.8. The van der Waals surface area contributed by atoms with Crippen LogP contribution in [0.5, 0.6) is 0 Å². The first-order valence-electron chi connectivity index (χ1n) is 11.8. The summed E-state index contributed by atoms with van der Waals surface area (Å²) in [5.74, 6) is 0. The highest BCUT2D eigenvalue weighted by atomic mass is 15.0. The molecule has 0 bridgehead atoms. The summed E-state index contributed by atoms with van der Waals surface area (Å²) in [6, 6.07) is 40.4. The summed E-state index contributed by atoms with van der Waals surface area (Å²) < 4.78 is 2.37. The largest absolute Gasteiger partial charge is 0.309 e. The fourth-order valence-corrected chi connectivity index (χ4v) is 5.16. The van der Waals surface area contributed by atoms with Crippen LogP contribution in [0, 0.1) is 0 Å². The average Bonchev–Trinajstić information content (AvgIpc) is 3.27. The Morgan fingerprint density at radius 2 is 1.17 bits per heavy atom. The van der Waals surface area contributed by atoms with Crippen LogP contribution in [0.25, 0.3) is 60.8 Å². The summed E-state index contributed by atoms with van der Waals surface area (Å²) in [7, 11) is 0. The molecular weight excluding hydrogens is 426 g/mol. The second-order valence-electron chi connectivity index (χ2n) is 8.70. The second kappa shape index (κ2) is 7.93. The molecule has 0 fully saturated rings. The maximum absolute atomic E-state index is 4.70. The van der Waals surface area contributed by atoms with E-state index in [1.54, 1.807) is 0 Å². The normalized spacial score (nSPS) is 11.4. The van der Waals surface area contributed by atoms with Crippen LogP contribution in [-0.4, -0.2) is 14.5 Å². The van der Waals surface area contributed by atoms with Gasteiger partial charge in [-0.1, -0.05) is 66.7 Å². The molecular formula is C32H21N3. The van der Waals surface area contributed by atoms with Crippen molar-refractivity contribution >= 4 is 32.6 Å². The van der Waals surface area contributed by atoms with E-state index < -0.39 is 0 Å². The maximum atomic E-state index is 4.70. The number of rotatable bonds is 3. The number of para-hydroxylation sites is 1. The number of hydrogen-bond acceptors (Lipinski definition) is 2. The molecule has 0 N–H and O–H groups in total. The number of aromatic nitrogens is 3. The minimum absolute atomic E-state index is 0.971. The maximum Gasteiger partial charge on any atom is 0.0708 e. The van der Waals surface area contributed by atoms with Crippen LogP contribution in [0.4, 0.5) is 0 Å². The van der Waals surface area contributed by atoms with Crippen molar-refractivity contribution in [2.24, 2.45) is 0 Å². The smallest absolute Gasteiger partial charge is 0.0708 e. The SMILES string of the molecule is c1ccc(-n2c3cc(-c4ccccn4)ccc3c3c4ccccc4c(-c4ccccn4)cc32)cc1. The third kappa shape index (κ3) is 3.13. The third-order valence-electron chi connectivity index (χ3n) is 6.69. The summed E-state index contributed by atoms with van der Waals surface area (Å²) in [6.07, 6.45) is 3.71. The molecule has 7 rings (SSSR count). The predicted molar refractivity (Wildman–Crippen MR) is 145 cm³/mol. The number of hydrogen-bond donors (Lipinski definition) is 0. The van der Waals surface area contributed by atoms with Crippen LogP contribution < -0.4 is 0 Å². The van der Waals surface area contributed by atoms with Crippen molar-refractivity contribution in [3.05, 3.63) is 128 Å². The van der Waals surface area contributed by atoms with Crippen molar-refractivity contribution in [1.29, 1.82) is 0 Å². The Hall–Kier alpha value is -4.76. The van der Waals surface area contributed by atoms with Gasteiger partial charge < -0.3 is 4.57 Å². The van der Waals surface area contributed by atoms with Gasteiger partial charge in [-0.05, 0) is 59.3 Å². The number of fused-ring (bicyclic) bond motifs is 5. The lowest BCUT2D eigenvalue weighted by molar-refractivity contribution is 1.18. The van der Waals surface area contributed by atoms with Crippen molar-refractivity contribution < 1.29 is 0 Å². The molecule has 0 aliphatic heterocycles. The van der Waals surface area contributed by atoms with Gasteiger partial charge in [-0.2, -0.15) is 0 Å². The highest BCUT2D eigenvalue weighted by Crippen LogP contribution is 2.41. The van der Waals surface area contributed by atoms with E-state index in [1.807, 2.05) is 36.7 Å². The Bertz CT molecular complexity index is 1820. The molecule has 0 saturated carbocycles. The van der Waals surface area contributed by atoms with Gasteiger partial charge in [-0.15, -0.1) is 0 Å². The van der Waals surface area contributed by atoms with Crippen molar-refractivity contribution in [3.63, 3.8) is 0 Å². The third-order valence-corrected chi connectivity index (χ3v) is 6.69. The van der Waals surface area contributed by atoms with Crippen LogP contribution >= 0.6 is 0 Å². The van der Waals surface area contributed by atoms with Gasteiger partial charge in [0, 0.05) is 40.0 Å². The first kappa shape index (κ1) is 19.7. The van der Waals surface area contributed by atoms with Gasteiger partial charge >= 0.3 is 0 Å². The lowest BCUT2D eigenvalue weighted by Gasteiger charge is -2.11. The van der Waals surface area contributed by atoms with E-state index in [0.717, 1.165) is 33.7 Å². The second-order valence-corrected chi connectivity index (χ2v) is 8.70. The lowest BCUT2D eigenvalue weighted by atomic mass is 9.97. The quantitative estimate of drug-likeness (QED) is 0.274. The highest BCUT2D eigenvalue weighted by molar-refractivity contribution is 6.24. The summed E-state index contributed by atoms with van der Waals surface area (Å²) >= 11 is 0. The minimum atomic E-state index is 0.971. The van der Waals surface area contributed by atoms with E-state index in [-0.39, 0.29) is 0 Å². The molecule has 0 spiro atoms. The van der Waals surface area contributed by atoms with Crippen molar-refractivity contribution in [3.8, 4) is 28.2 Å². The highest BCUT2D eigenvalue weighted by Gasteiger charge is 2.18. The standard InChI is InChI=1S/C32H21N3/c1-2-10-23(11-3-1)35-30-20-22(28-14-6-8-18-33-28)16-17-26(30)32-25-13-5-4-12-24(25)27(21-31(32)35)29-15-7-9-19-34-29/h1-21H. The van der Waals surface area contributed by atoms with Crippen molar-refractivity contribution in [1.82, 2.24) is 14.5 Å². The van der Waals surface area contributed by atoms with Crippen molar-refractivity contribution in [2.45, 2.75) is 0 Å². The molecule has 0 radical (unpaired) electrons. The van der Waals surface area contributed by atoms with E-state index in [4.69, 9.17) is 4.98 Å². The number of benzene rings is 4. The summed E-state index contributed by atoms with van der Waals surface area (Å²) in [5, 5.41) is 4.93. The average molecular weight is 448 g/mol. The topological polar surface area (TPSA) is 30.7 Å². The fourth-order valence-electron chi connectivity index (χ4n) is 5.16. The molecule has 164 valence electrons. The molecule has 0 amide bonds. The molecule has 4 aromatic carbocycles. The Morgan fingerprint density at radius 1 is 0.486 bits per heavy atom. The van der Waals surface area contributed by atoms with Crippen LogP contribution in [0.15, 0.2) is 128 Å². The van der Waals surface area contributed by atoms with Gasteiger partial charge in [0.15, 0.2) is 0 Å². The van der Waals surface area contributed by atoms with Crippen LogP contribution in [0.2, 0.25) is 0 Å². The van der Waals surface area contributed by atoms with E-state index in [9.17, 15) is 0 Å². The Kier molecular flexibility index (Phi) is 4.46. The molecule has 7 aromatic rings. The van der Waals surface area contributed by atoms with Crippen LogP contribution in [0.1, 0.15) is 0 Å². The summed E-state index contributed by atoms with van der Waals surface area (Å²) in [4.78, 5) is 9.30. The Morgan fingerprint density at radius 3 is 1.91 bits per heavy atom. The monoisotopic (exact) mass is 447 g/mol. The van der Waals surface area contributed by atoms with E-state index >= 15 is 0 Å². The van der Waals surface area contributed by atoms with Gasteiger partial charge in [0.05, 0.1) is 22.4 Å². The zero-order chi connectivity index (χ0) is 23.2. The molecule has 0 unspecified atom stereocenters. The predicted octanol–water partition coefficient (Wildman–Crippen LogP) is 8.06. The van der Waals surface area contributed by atoms with Crippen LogP contribution in [0.3, 0.4) is 0 Å². The van der Waals surface area contributed by atoms with Gasteiger partial charge in [0.1, 0.15) is 0 Å². The molecule has 3 heterocycles. The zero-order valence-corrected chi connectivity index (χ0v) is 19.0. The zero-order valence-electron chi connectivity index (χ0n) is 19.0. The molecule has 3 aromatic heterocycles. The number of pyridine rings is 2.